The van der Waals surface area contributed by atoms with Crippen molar-refractivity contribution in [1.29, 1.82) is 0 Å². The molecule has 16 heavy (non-hydrogen) atoms. The molecule has 6 nitrogen and oxygen atoms in total. The Morgan fingerprint density at radius 3 is 1.94 bits per heavy atom. The summed E-state index contributed by atoms with van der Waals surface area (Å²) >= 11 is 0. The van der Waals surface area contributed by atoms with Crippen molar-refractivity contribution in [2.75, 3.05) is 34.5 Å². The maximum Gasteiger partial charge on any atom is 0.515 e. The van der Waals surface area contributed by atoms with E-state index in [0.29, 0.717) is 13.2 Å². The molecule has 1 atom stereocenters. The maximum absolute atomic E-state index is 11.4. The van der Waals surface area contributed by atoms with E-state index in [1.807, 2.05) is 6.92 Å². The van der Waals surface area contributed by atoms with E-state index in [1.165, 1.54) is 21.3 Å². The molecule has 1 heterocycles. The molecule has 1 fully saturated rings. The van der Waals surface area contributed by atoms with Crippen LogP contribution in [0.4, 0.5) is 0 Å². The fourth-order valence-electron chi connectivity index (χ4n) is 2.07. The van der Waals surface area contributed by atoms with Crippen LogP contribution in [0, 0.1) is 5.41 Å². The Kier molecular flexibility index (Phi) is 4.08. The van der Waals surface area contributed by atoms with E-state index in [9.17, 15) is 9.90 Å². The number of hydrogen-bond donors (Lipinski definition) is 1. The minimum Gasteiger partial charge on any atom is -0.481 e. The quantitative estimate of drug-likeness (QED) is 0.686. The number of carboxylic acid groups (broad SMARTS) is 1. The highest BCUT2D eigenvalue weighted by atomic mass is 28.4. The molecule has 0 spiro atoms. The first kappa shape index (κ1) is 13.6. The molecule has 0 radical (unpaired) electrons. The summed E-state index contributed by atoms with van der Waals surface area (Å²) in [4.78, 5) is 11.4. The van der Waals surface area contributed by atoms with Crippen LogP contribution in [-0.4, -0.2) is 54.4 Å². The molecule has 1 aliphatic rings. The standard InChI is InChI=1S/C9H18O6Si/c1-9(5-15-6-9)7(8(10)11)16(12-2,13-3)14-4/h7H,5-6H2,1-4H3,(H,10,11). The van der Waals surface area contributed by atoms with Gasteiger partial charge in [0.2, 0.25) is 0 Å². The molecule has 0 aromatic carbocycles. The number of aliphatic carboxylic acids is 1. The lowest BCUT2D eigenvalue weighted by Crippen LogP contribution is -2.60. The smallest absolute Gasteiger partial charge is 0.481 e. The van der Waals surface area contributed by atoms with Gasteiger partial charge in [-0.1, -0.05) is 6.92 Å². The molecule has 0 amide bonds. The molecule has 1 N–H and O–H groups in total. The molecular formula is C9H18O6Si. The summed E-state index contributed by atoms with van der Waals surface area (Å²) in [7, 11) is 1.05. The van der Waals surface area contributed by atoms with Gasteiger partial charge in [0.1, 0.15) is 5.54 Å². The SMILES string of the molecule is CO[Si](OC)(OC)C(C(=O)O)C1(C)COC1. The van der Waals surface area contributed by atoms with Gasteiger partial charge in [0.15, 0.2) is 0 Å². The van der Waals surface area contributed by atoms with Crippen LogP contribution in [0.25, 0.3) is 0 Å². The van der Waals surface area contributed by atoms with Crippen LogP contribution in [0.5, 0.6) is 0 Å². The Labute approximate surface area is 95.8 Å². The van der Waals surface area contributed by atoms with Gasteiger partial charge >= 0.3 is 14.8 Å². The highest BCUT2D eigenvalue weighted by Gasteiger charge is 2.62. The average molecular weight is 250 g/mol. The van der Waals surface area contributed by atoms with Crippen LogP contribution in [-0.2, 0) is 22.8 Å². The van der Waals surface area contributed by atoms with Crippen molar-refractivity contribution < 1.29 is 27.9 Å². The van der Waals surface area contributed by atoms with Gasteiger partial charge < -0.3 is 23.1 Å². The first-order valence-electron chi connectivity index (χ1n) is 4.92. The second kappa shape index (κ2) is 4.80. The van der Waals surface area contributed by atoms with Crippen LogP contribution in [0.1, 0.15) is 6.92 Å². The number of hydrogen-bond acceptors (Lipinski definition) is 5. The lowest BCUT2D eigenvalue weighted by atomic mass is 9.84. The molecule has 1 rings (SSSR count). The summed E-state index contributed by atoms with van der Waals surface area (Å²) in [6, 6.07) is 0. The van der Waals surface area contributed by atoms with Gasteiger partial charge in [0.05, 0.1) is 13.2 Å². The summed E-state index contributed by atoms with van der Waals surface area (Å²) < 4.78 is 20.8. The second-order valence-electron chi connectivity index (χ2n) is 4.13. The van der Waals surface area contributed by atoms with Crippen LogP contribution in [0.3, 0.4) is 0 Å². The molecule has 7 heteroatoms. The predicted molar refractivity (Wildman–Crippen MR) is 57.1 cm³/mol. The maximum atomic E-state index is 11.4. The molecule has 1 unspecified atom stereocenters. The zero-order valence-electron chi connectivity index (χ0n) is 9.98. The molecule has 0 aromatic rings. The molecule has 1 aliphatic heterocycles. The Morgan fingerprint density at radius 1 is 1.31 bits per heavy atom. The van der Waals surface area contributed by atoms with Gasteiger partial charge in [-0.25, -0.2) is 0 Å². The molecule has 0 bridgehead atoms. The fourth-order valence-corrected chi connectivity index (χ4v) is 4.60. The van der Waals surface area contributed by atoms with Crippen LogP contribution >= 0.6 is 0 Å². The number of carboxylic acids is 1. The summed E-state index contributed by atoms with van der Waals surface area (Å²) in [5.41, 5.74) is -1.30. The number of ether oxygens (including phenoxy) is 1. The van der Waals surface area contributed by atoms with Gasteiger partial charge in [-0.2, -0.15) is 0 Å². The first-order chi connectivity index (χ1) is 7.45. The zero-order valence-corrected chi connectivity index (χ0v) is 11.0. The van der Waals surface area contributed by atoms with Crippen molar-refractivity contribution >= 4 is 14.8 Å². The first-order valence-corrected chi connectivity index (χ1v) is 6.72. The lowest BCUT2D eigenvalue weighted by Gasteiger charge is -2.46. The van der Waals surface area contributed by atoms with Crippen molar-refractivity contribution in [3.05, 3.63) is 0 Å². The van der Waals surface area contributed by atoms with E-state index >= 15 is 0 Å². The third-order valence-electron chi connectivity index (χ3n) is 3.01. The molecule has 0 saturated carbocycles. The summed E-state index contributed by atoms with van der Waals surface area (Å²) in [5.74, 6) is -0.969. The van der Waals surface area contributed by atoms with Crippen molar-refractivity contribution in [3.8, 4) is 0 Å². The molecule has 94 valence electrons. The summed E-state index contributed by atoms with van der Waals surface area (Å²) in [5, 5.41) is 9.34. The van der Waals surface area contributed by atoms with Crippen molar-refractivity contribution in [1.82, 2.24) is 0 Å². The molecule has 0 aliphatic carbocycles. The van der Waals surface area contributed by atoms with Gasteiger partial charge in [-0.05, 0) is 0 Å². The summed E-state index contributed by atoms with van der Waals surface area (Å²) in [6.07, 6.45) is 0. The Balaban J connectivity index is 3.04. The van der Waals surface area contributed by atoms with Crippen LogP contribution in [0.2, 0.25) is 5.54 Å². The predicted octanol–water partition coefficient (Wildman–Crippen LogP) is 0.356. The zero-order chi connectivity index (χ0) is 12.4. The number of rotatable bonds is 6. The molecule has 1 saturated heterocycles. The van der Waals surface area contributed by atoms with Gasteiger partial charge in [0.25, 0.3) is 0 Å². The number of carbonyl (C=O) groups is 1. The third-order valence-corrected chi connectivity index (χ3v) is 6.37. The Bertz CT molecular complexity index is 252. The van der Waals surface area contributed by atoms with Crippen LogP contribution in [0.15, 0.2) is 0 Å². The monoisotopic (exact) mass is 250 g/mol. The summed E-state index contributed by atoms with van der Waals surface area (Å²) in [6.45, 7) is 2.61. The van der Waals surface area contributed by atoms with Crippen molar-refractivity contribution in [2.45, 2.75) is 12.5 Å². The van der Waals surface area contributed by atoms with Gasteiger partial charge in [-0.15, -0.1) is 0 Å². The van der Waals surface area contributed by atoms with Crippen molar-refractivity contribution in [2.24, 2.45) is 5.41 Å². The van der Waals surface area contributed by atoms with E-state index < -0.39 is 25.7 Å². The topological polar surface area (TPSA) is 74.2 Å². The van der Waals surface area contributed by atoms with E-state index in [1.54, 1.807) is 0 Å². The fraction of sp³-hybridized carbons (Fsp3) is 0.889. The Hall–Kier alpha value is -0.473. The highest BCUT2D eigenvalue weighted by Crippen LogP contribution is 2.45. The second-order valence-corrected chi connectivity index (χ2v) is 7.14. The largest absolute Gasteiger partial charge is 0.515 e. The van der Waals surface area contributed by atoms with E-state index in [2.05, 4.69) is 0 Å². The van der Waals surface area contributed by atoms with Crippen molar-refractivity contribution in [3.63, 3.8) is 0 Å². The lowest BCUT2D eigenvalue weighted by molar-refractivity contribution is -0.158. The minimum absolute atomic E-state index is 0.384. The molecular weight excluding hydrogens is 232 g/mol. The minimum atomic E-state index is -3.19. The van der Waals surface area contributed by atoms with Crippen LogP contribution < -0.4 is 0 Å². The van der Waals surface area contributed by atoms with E-state index in [-0.39, 0.29) is 0 Å². The van der Waals surface area contributed by atoms with Gasteiger partial charge in [-0.3, -0.25) is 4.79 Å². The Morgan fingerprint density at radius 2 is 1.75 bits per heavy atom. The third kappa shape index (κ3) is 2.01. The highest BCUT2D eigenvalue weighted by molar-refractivity contribution is 6.66. The normalized spacial score (nSPS) is 21.2. The van der Waals surface area contributed by atoms with Gasteiger partial charge in [0, 0.05) is 26.7 Å². The van der Waals surface area contributed by atoms with E-state index in [4.69, 9.17) is 18.0 Å². The van der Waals surface area contributed by atoms with E-state index in [0.717, 1.165) is 0 Å². The average Bonchev–Trinajstić information content (AvgIpc) is 2.22. The molecule has 0 aromatic heterocycles.